The molecule has 2 aromatic rings. The van der Waals surface area contributed by atoms with Gasteiger partial charge in [-0.25, -0.2) is 8.42 Å². The summed E-state index contributed by atoms with van der Waals surface area (Å²) in [5.74, 6) is 0.675. The van der Waals surface area contributed by atoms with Crippen LogP contribution in [-0.2, 0) is 16.6 Å². The minimum atomic E-state index is -4.05. The molecule has 0 saturated carbocycles. The molecule has 7 nitrogen and oxygen atoms in total. The first-order chi connectivity index (χ1) is 12.9. The summed E-state index contributed by atoms with van der Waals surface area (Å²) < 4.78 is 33.2. The van der Waals surface area contributed by atoms with E-state index in [4.69, 9.17) is 4.74 Å². The number of hydrogen-bond acceptors (Lipinski definition) is 5. The molecule has 0 bridgehead atoms. The van der Waals surface area contributed by atoms with Crippen LogP contribution in [0.1, 0.15) is 18.4 Å². The van der Waals surface area contributed by atoms with Gasteiger partial charge in [-0.3, -0.25) is 10.1 Å². The van der Waals surface area contributed by atoms with Crippen LogP contribution in [0, 0.1) is 10.1 Å². The van der Waals surface area contributed by atoms with Gasteiger partial charge in [-0.15, -0.1) is 0 Å². The van der Waals surface area contributed by atoms with Gasteiger partial charge in [0.2, 0.25) is 10.0 Å². The number of methoxy groups -OCH3 is 1. The number of ether oxygens (including phenoxy) is 1. The van der Waals surface area contributed by atoms with E-state index < -0.39 is 20.6 Å². The molecule has 0 aromatic heterocycles. The summed E-state index contributed by atoms with van der Waals surface area (Å²) in [5.41, 5.74) is 0.369. The fourth-order valence-corrected chi connectivity index (χ4v) is 4.91. The predicted octanol–water partition coefficient (Wildman–Crippen LogP) is 3.51. The first kappa shape index (κ1) is 19.1. The number of para-hydroxylation sites is 1. The van der Waals surface area contributed by atoms with Crippen LogP contribution in [0.15, 0.2) is 65.6 Å². The molecule has 0 aliphatic heterocycles. The van der Waals surface area contributed by atoms with E-state index in [0.717, 1.165) is 5.56 Å². The van der Waals surface area contributed by atoms with Gasteiger partial charge in [0.1, 0.15) is 5.75 Å². The molecule has 0 saturated heterocycles. The standard InChI is InChI=1S/C19H20N2O5S/c1-26-17-12-10-15(11-13-17)14-20(16-6-2-3-7-16)27(24,25)19-9-5-4-8-18(19)21(22)23/h2-5,8-13,16H,6-7,14H2,1H3. The van der Waals surface area contributed by atoms with Crippen LogP contribution in [0.4, 0.5) is 5.69 Å². The number of benzene rings is 2. The molecule has 0 amide bonds. The highest BCUT2D eigenvalue weighted by Crippen LogP contribution is 2.32. The van der Waals surface area contributed by atoms with Crippen LogP contribution < -0.4 is 4.74 Å². The minimum absolute atomic E-state index is 0.130. The molecule has 3 rings (SSSR count). The minimum Gasteiger partial charge on any atom is -0.497 e. The van der Waals surface area contributed by atoms with Crippen molar-refractivity contribution in [3.8, 4) is 5.75 Å². The zero-order valence-electron chi connectivity index (χ0n) is 14.8. The van der Waals surface area contributed by atoms with E-state index in [1.54, 1.807) is 31.4 Å². The molecule has 0 N–H and O–H groups in total. The molecule has 0 heterocycles. The Bertz CT molecular complexity index is 946. The number of nitro groups is 1. The maximum absolute atomic E-state index is 13.3. The second kappa shape index (κ2) is 7.89. The van der Waals surface area contributed by atoms with Gasteiger partial charge < -0.3 is 4.74 Å². The highest BCUT2D eigenvalue weighted by atomic mass is 32.2. The molecule has 0 unspecified atom stereocenters. The summed E-state index contributed by atoms with van der Waals surface area (Å²) in [6.07, 6.45) is 5.02. The van der Waals surface area contributed by atoms with Crippen molar-refractivity contribution >= 4 is 15.7 Å². The molecule has 0 spiro atoms. The van der Waals surface area contributed by atoms with Crippen LogP contribution >= 0.6 is 0 Å². The van der Waals surface area contributed by atoms with Crippen molar-refractivity contribution in [1.82, 2.24) is 4.31 Å². The van der Waals surface area contributed by atoms with Crippen molar-refractivity contribution in [1.29, 1.82) is 0 Å². The Morgan fingerprint density at radius 1 is 1.11 bits per heavy atom. The lowest BCUT2D eigenvalue weighted by atomic mass is 10.2. The fraction of sp³-hybridized carbons (Fsp3) is 0.263. The molecule has 1 aliphatic rings. The van der Waals surface area contributed by atoms with E-state index in [0.29, 0.717) is 18.6 Å². The Kier molecular flexibility index (Phi) is 5.57. The van der Waals surface area contributed by atoms with E-state index in [2.05, 4.69) is 0 Å². The van der Waals surface area contributed by atoms with Crippen molar-refractivity contribution in [3.05, 3.63) is 76.4 Å². The van der Waals surface area contributed by atoms with Gasteiger partial charge in [-0.2, -0.15) is 4.31 Å². The van der Waals surface area contributed by atoms with Crippen molar-refractivity contribution in [3.63, 3.8) is 0 Å². The Balaban J connectivity index is 2.00. The largest absolute Gasteiger partial charge is 0.497 e. The molecular weight excluding hydrogens is 368 g/mol. The van der Waals surface area contributed by atoms with Crippen LogP contribution in [-0.4, -0.2) is 30.8 Å². The van der Waals surface area contributed by atoms with E-state index in [1.807, 2.05) is 12.2 Å². The second-order valence-corrected chi connectivity index (χ2v) is 8.08. The number of sulfonamides is 1. The molecule has 0 fully saturated rings. The van der Waals surface area contributed by atoms with Gasteiger partial charge in [0.15, 0.2) is 4.90 Å². The summed E-state index contributed by atoms with van der Waals surface area (Å²) in [5, 5.41) is 11.3. The van der Waals surface area contributed by atoms with E-state index >= 15 is 0 Å². The Labute approximate surface area is 158 Å². The summed E-state index contributed by atoms with van der Waals surface area (Å²) in [6, 6.07) is 12.3. The second-order valence-electron chi connectivity index (χ2n) is 6.22. The molecule has 0 radical (unpaired) electrons. The zero-order valence-corrected chi connectivity index (χ0v) is 15.6. The maximum atomic E-state index is 13.3. The first-order valence-electron chi connectivity index (χ1n) is 8.46. The topological polar surface area (TPSA) is 89.8 Å². The van der Waals surface area contributed by atoms with Gasteiger partial charge in [-0.05, 0) is 36.6 Å². The lowest BCUT2D eigenvalue weighted by Gasteiger charge is -2.28. The zero-order chi connectivity index (χ0) is 19.4. The Hall–Kier alpha value is -2.71. The van der Waals surface area contributed by atoms with Gasteiger partial charge in [-0.1, -0.05) is 36.4 Å². The summed E-state index contributed by atoms with van der Waals surface area (Å²) in [7, 11) is -2.49. The fourth-order valence-electron chi connectivity index (χ4n) is 3.11. The quantitative estimate of drug-likeness (QED) is 0.411. The van der Waals surface area contributed by atoms with Gasteiger partial charge in [0.25, 0.3) is 5.69 Å². The molecular formula is C19H20N2O5S. The lowest BCUT2D eigenvalue weighted by Crippen LogP contribution is -2.38. The third kappa shape index (κ3) is 4.01. The number of nitro benzene ring substituents is 1. The maximum Gasteiger partial charge on any atom is 0.289 e. The molecule has 0 atom stereocenters. The first-order valence-corrected chi connectivity index (χ1v) is 9.90. The Morgan fingerprint density at radius 2 is 1.74 bits per heavy atom. The predicted molar refractivity (Wildman–Crippen MR) is 101 cm³/mol. The van der Waals surface area contributed by atoms with E-state index in [-0.39, 0.29) is 17.5 Å². The third-order valence-corrected chi connectivity index (χ3v) is 6.48. The van der Waals surface area contributed by atoms with Crippen molar-refractivity contribution in [2.24, 2.45) is 0 Å². The van der Waals surface area contributed by atoms with Gasteiger partial charge in [0.05, 0.1) is 12.0 Å². The lowest BCUT2D eigenvalue weighted by molar-refractivity contribution is -0.387. The monoisotopic (exact) mass is 388 g/mol. The van der Waals surface area contributed by atoms with Crippen LogP contribution in [0.25, 0.3) is 0 Å². The van der Waals surface area contributed by atoms with Crippen LogP contribution in [0.3, 0.4) is 0 Å². The Morgan fingerprint density at radius 3 is 2.33 bits per heavy atom. The number of nitrogens with zero attached hydrogens (tertiary/aromatic N) is 2. The third-order valence-electron chi connectivity index (χ3n) is 4.54. The van der Waals surface area contributed by atoms with Crippen LogP contribution in [0.5, 0.6) is 5.75 Å². The average Bonchev–Trinajstić information content (AvgIpc) is 3.20. The average molecular weight is 388 g/mol. The number of hydrogen-bond donors (Lipinski definition) is 0. The van der Waals surface area contributed by atoms with Crippen molar-refractivity contribution in [2.75, 3.05) is 7.11 Å². The summed E-state index contributed by atoms with van der Waals surface area (Å²) in [4.78, 5) is 10.4. The summed E-state index contributed by atoms with van der Waals surface area (Å²) >= 11 is 0. The summed E-state index contributed by atoms with van der Waals surface area (Å²) in [6.45, 7) is 0.130. The molecule has 142 valence electrons. The SMILES string of the molecule is COc1ccc(CN(C2CC=CC2)S(=O)(=O)c2ccccc2[N+](=O)[O-])cc1. The smallest absolute Gasteiger partial charge is 0.289 e. The van der Waals surface area contributed by atoms with E-state index in [9.17, 15) is 18.5 Å². The molecule has 1 aliphatic carbocycles. The molecule has 8 heteroatoms. The normalized spacial score (nSPS) is 14.6. The van der Waals surface area contributed by atoms with Crippen LogP contribution in [0.2, 0.25) is 0 Å². The van der Waals surface area contributed by atoms with Crippen molar-refractivity contribution in [2.45, 2.75) is 30.3 Å². The number of rotatable bonds is 7. The van der Waals surface area contributed by atoms with Crippen molar-refractivity contribution < 1.29 is 18.1 Å². The van der Waals surface area contributed by atoms with Gasteiger partial charge >= 0.3 is 0 Å². The molecule has 2 aromatic carbocycles. The van der Waals surface area contributed by atoms with Gasteiger partial charge in [0, 0.05) is 18.7 Å². The van der Waals surface area contributed by atoms with E-state index in [1.165, 1.54) is 28.6 Å². The molecule has 27 heavy (non-hydrogen) atoms. The highest BCUT2D eigenvalue weighted by molar-refractivity contribution is 7.89. The highest BCUT2D eigenvalue weighted by Gasteiger charge is 2.36.